The van der Waals surface area contributed by atoms with E-state index in [9.17, 15) is 0 Å². The van der Waals surface area contributed by atoms with Crippen LogP contribution in [-0.4, -0.2) is 7.11 Å². The molecule has 3 heteroatoms. The third kappa shape index (κ3) is 3.43. The number of rotatable bonds is 6. The summed E-state index contributed by atoms with van der Waals surface area (Å²) in [7, 11) is 1.70. The van der Waals surface area contributed by atoms with E-state index in [0.717, 1.165) is 17.7 Å². The van der Waals surface area contributed by atoms with Gasteiger partial charge in [-0.1, -0.05) is 55.0 Å². The normalized spacial score (nSPS) is 13.7. The van der Waals surface area contributed by atoms with Crippen LogP contribution < -0.4 is 16.0 Å². The molecule has 2 unspecified atom stereocenters. The van der Waals surface area contributed by atoms with Gasteiger partial charge in [0, 0.05) is 11.5 Å². The van der Waals surface area contributed by atoms with Crippen molar-refractivity contribution in [2.75, 3.05) is 7.11 Å². The number of benzene rings is 2. The van der Waals surface area contributed by atoms with E-state index >= 15 is 0 Å². The maximum Gasteiger partial charge on any atom is 0.123 e. The first kappa shape index (κ1) is 15.5. The Morgan fingerprint density at radius 3 is 2.43 bits per heavy atom. The first-order chi connectivity index (χ1) is 10.2. The predicted octanol–water partition coefficient (Wildman–Crippen LogP) is 3.70. The van der Waals surface area contributed by atoms with Crippen molar-refractivity contribution in [1.29, 1.82) is 0 Å². The molecule has 0 amide bonds. The summed E-state index contributed by atoms with van der Waals surface area (Å²) < 4.78 is 5.52. The van der Waals surface area contributed by atoms with Crippen molar-refractivity contribution in [2.45, 2.75) is 32.2 Å². The van der Waals surface area contributed by atoms with E-state index in [0.29, 0.717) is 5.92 Å². The maximum absolute atomic E-state index is 5.89. The molecule has 2 aromatic rings. The minimum atomic E-state index is 0.0206. The molecule has 2 aromatic carbocycles. The molecule has 2 rings (SSSR count). The van der Waals surface area contributed by atoms with Gasteiger partial charge in [0.25, 0.3) is 0 Å². The molecule has 112 valence electrons. The number of nitrogens with one attached hydrogen (secondary N) is 1. The summed E-state index contributed by atoms with van der Waals surface area (Å²) >= 11 is 0. The van der Waals surface area contributed by atoms with Gasteiger partial charge >= 0.3 is 0 Å². The summed E-state index contributed by atoms with van der Waals surface area (Å²) in [6.45, 7) is 4.27. The van der Waals surface area contributed by atoms with Crippen LogP contribution in [0.5, 0.6) is 5.75 Å². The molecule has 2 atom stereocenters. The second kappa shape index (κ2) is 7.25. The highest BCUT2D eigenvalue weighted by Crippen LogP contribution is 2.37. The SMILES string of the molecule is CCC(c1ccccc1)C(NN)c1cc(C)ccc1OC. The molecule has 0 aromatic heterocycles. The molecule has 0 aliphatic carbocycles. The van der Waals surface area contributed by atoms with Crippen LogP contribution in [0.1, 0.15) is 42.0 Å². The van der Waals surface area contributed by atoms with Crippen molar-refractivity contribution in [1.82, 2.24) is 5.43 Å². The first-order valence-electron chi connectivity index (χ1n) is 7.36. The zero-order chi connectivity index (χ0) is 15.2. The lowest BCUT2D eigenvalue weighted by molar-refractivity contribution is 0.383. The van der Waals surface area contributed by atoms with Gasteiger partial charge in [-0.05, 0) is 25.0 Å². The largest absolute Gasteiger partial charge is 0.496 e. The Hall–Kier alpha value is -1.84. The van der Waals surface area contributed by atoms with Crippen molar-refractivity contribution >= 4 is 0 Å². The van der Waals surface area contributed by atoms with Crippen LogP contribution in [0.25, 0.3) is 0 Å². The fourth-order valence-electron chi connectivity index (χ4n) is 2.88. The first-order valence-corrected chi connectivity index (χ1v) is 7.36. The van der Waals surface area contributed by atoms with Crippen LogP contribution in [0, 0.1) is 6.92 Å². The van der Waals surface area contributed by atoms with Crippen LogP contribution in [0.2, 0.25) is 0 Å². The monoisotopic (exact) mass is 284 g/mol. The van der Waals surface area contributed by atoms with Gasteiger partial charge in [-0.3, -0.25) is 11.3 Å². The van der Waals surface area contributed by atoms with E-state index in [1.54, 1.807) is 7.11 Å². The van der Waals surface area contributed by atoms with Crippen LogP contribution in [0.3, 0.4) is 0 Å². The molecule has 0 bridgehead atoms. The second-order valence-corrected chi connectivity index (χ2v) is 5.32. The van der Waals surface area contributed by atoms with E-state index in [2.05, 4.69) is 55.7 Å². The topological polar surface area (TPSA) is 47.3 Å². The molecular formula is C18H24N2O. The van der Waals surface area contributed by atoms with Gasteiger partial charge in [0.2, 0.25) is 0 Å². The van der Waals surface area contributed by atoms with E-state index in [-0.39, 0.29) is 6.04 Å². The molecule has 0 aliphatic rings. The third-order valence-electron chi connectivity index (χ3n) is 3.97. The van der Waals surface area contributed by atoms with Crippen LogP contribution in [0.15, 0.2) is 48.5 Å². The zero-order valence-corrected chi connectivity index (χ0v) is 13.0. The quantitative estimate of drug-likeness (QED) is 0.628. The Morgan fingerprint density at radius 1 is 1.14 bits per heavy atom. The molecule has 0 spiro atoms. The predicted molar refractivity (Wildman–Crippen MR) is 87.3 cm³/mol. The minimum absolute atomic E-state index is 0.0206. The van der Waals surface area contributed by atoms with Crippen molar-refractivity contribution < 1.29 is 4.74 Å². The molecule has 0 heterocycles. The van der Waals surface area contributed by atoms with Gasteiger partial charge in [0.15, 0.2) is 0 Å². The van der Waals surface area contributed by atoms with Crippen molar-refractivity contribution in [3.8, 4) is 5.75 Å². The Balaban J connectivity index is 2.45. The molecule has 3 nitrogen and oxygen atoms in total. The van der Waals surface area contributed by atoms with E-state index in [1.807, 2.05) is 12.1 Å². The number of hydrogen-bond acceptors (Lipinski definition) is 3. The summed E-state index contributed by atoms with van der Waals surface area (Å²) in [5.74, 6) is 7.06. The summed E-state index contributed by atoms with van der Waals surface area (Å²) in [5, 5.41) is 0. The summed E-state index contributed by atoms with van der Waals surface area (Å²) in [6.07, 6.45) is 0.996. The zero-order valence-electron chi connectivity index (χ0n) is 13.0. The van der Waals surface area contributed by atoms with Gasteiger partial charge in [-0.25, -0.2) is 0 Å². The fourth-order valence-corrected chi connectivity index (χ4v) is 2.88. The van der Waals surface area contributed by atoms with Gasteiger partial charge in [-0.2, -0.15) is 0 Å². The Labute approximate surface area is 127 Å². The highest BCUT2D eigenvalue weighted by atomic mass is 16.5. The lowest BCUT2D eigenvalue weighted by Gasteiger charge is -2.28. The van der Waals surface area contributed by atoms with Gasteiger partial charge in [0.1, 0.15) is 5.75 Å². The number of hydrogen-bond donors (Lipinski definition) is 2. The standard InChI is InChI=1S/C18H24N2O/c1-4-15(14-8-6-5-7-9-14)18(20-19)16-12-13(2)10-11-17(16)21-3/h5-12,15,18,20H,4,19H2,1-3H3. The second-order valence-electron chi connectivity index (χ2n) is 5.32. The molecule has 0 saturated heterocycles. The minimum Gasteiger partial charge on any atom is -0.496 e. The molecular weight excluding hydrogens is 260 g/mol. The number of nitrogens with two attached hydrogens (primary N) is 1. The Bertz CT molecular complexity index is 569. The fraction of sp³-hybridized carbons (Fsp3) is 0.333. The van der Waals surface area contributed by atoms with Crippen molar-refractivity contribution in [3.63, 3.8) is 0 Å². The number of hydrazine groups is 1. The van der Waals surface area contributed by atoms with Gasteiger partial charge in [0.05, 0.1) is 13.2 Å². The molecule has 21 heavy (non-hydrogen) atoms. The van der Waals surface area contributed by atoms with Crippen LogP contribution >= 0.6 is 0 Å². The molecule has 0 aliphatic heterocycles. The molecule has 0 fully saturated rings. The summed E-state index contributed by atoms with van der Waals surface area (Å²) in [6, 6.07) is 16.7. The van der Waals surface area contributed by atoms with E-state index < -0.39 is 0 Å². The number of methoxy groups -OCH3 is 1. The lowest BCUT2D eigenvalue weighted by atomic mass is 9.84. The van der Waals surface area contributed by atoms with Crippen molar-refractivity contribution in [2.24, 2.45) is 5.84 Å². The summed E-state index contributed by atoms with van der Waals surface area (Å²) in [4.78, 5) is 0. The Morgan fingerprint density at radius 2 is 1.86 bits per heavy atom. The summed E-state index contributed by atoms with van der Waals surface area (Å²) in [5.41, 5.74) is 6.58. The maximum atomic E-state index is 5.89. The average molecular weight is 284 g/mol. The Kier molecular flexibility index (Phi) is 5.37. The van der Waals surface area contributed by atoms with E-state index in [4.69, 9.17) is 10.6 Å². The van der Waals surface area contributed by atoms with Crippen molar-refractivity contribution in [3.05, 3.63) is 65.2 Å². The number of aryl methyl sites for hydroxylation is 1. The van der Waals surface area contributed by atoms with Crippen LogP contribution in [0.4, 0.5) is 0 Å². The molecule has 3 N–H and O–H groups in total. The lowest BCUT2D eigenvalue weighted by Crippen LogP contribution is -2.32. The molecule has 0 saturated carbocycles. The average Bonchev–Trinajstić information content (AvgIpc) is 2.53. The third-order valence-corrected chi connectivity index (χ3v) is 3.97. The van der Waals surface area contributed by atoms with Gasteiger partial charge < -0.3 is 4.74 Å². The van der Waals surface area contributed by atoms with Crippen LogP contribution in [-0.2, 0) is 0 Å². The van der Waals surface area contributed by atoms with Gasteiger partial charge in [-0.15, -0.1) is 0 Å². The highest BCUT2D eigenvalue weighted by molar-refractivity contribution is 5.41. The number of ether oxygens (including phenoxy) is 1. The smallest absolute Gasteiger partial charge is 0.123 e. The highest BCUT2D eigenvalue weighted by Gasteiger charge is 2.25. The van der Waals surface area contributed by atoms with E-state index in [1.165, 1.54) is 11.1 Å². The molecule has 0 radical (unpaired) electrons.